The van der Waals surface area contributed by atoms with Crippen molar-refractivity contribution >= 4 is 0 Å². The molecule has 0 N–H and O–H groups in total. The second-order valence-electron chi connectivity index (χ2n) is 4.68. The van der Waals surface area contributed by atoms with Gasteiger partial charge in [0.25, 0.3) is 0 Å². The van der Waals surface area contributed by atoms with Gasteiger partial charge < -0.3 is 9.64 Å². The molecule has 1 fully saturated rings. The van der Waals surface area contributed by atoms with Crippen molar-refractivity contribution in [2.24, 2.45) is 5.92 Å². The quantitative estimate of drug-likeness (QED) is 0.784. The van der Waals surface area contributed by atoms with E-state index in [9.17, 15) is 0 Å². The summed E-state index contributed by atoms with van der Waals surface area (Å²) in [6.07, 6.45) is 2.11. The third-order valence-corrected chi connectivity index (χ3v) is 3.52. The predicted octanol–water partition coefficient (Wildman–Crippen LogP) is 3.57. The first-order chi connectivity index (χ1) is 8.72. The summed E-state index contributed by atoms with van der Waals surface area (Å²) < 4.78 is 5.40. The van der Waals surface area contributed by atoms with Crippen LogP contribution in [0.1, 0.15) is 18.9 Å². The number of benzene rings is 1. The third-order valence-electron chi connectivity index (χ3n) is 3.52. The van der Waals surface area contributed by atoms with Gasteiger partial charge >= 0.3 is 0 Å². The molecule has 0 unspecified atom stereocenters. The summed E-state index contributed by atoms with van der Waals surface area (Å²) >= 11 is 0. The van der Waals surface area contributed by atoms with Gasteiger partial charge in [0.1, 0.15) is 6.61 Å². The maximum absolute atomic E-state index is 5.40. The van der Waals surface area contributed by atoms with Crippen LogP contribution in [-0.2, 0) is 11.2 Å². The van der Waals surface area contributed by atoms with E-state index in [0.29, 0.717) is 5.92 Å². The van der Waals surface area contributed by atoms with Crippen LogP contribution < -0.4 is 0 Å². The number of nitrogens with zero attached hydrogens (tertiary/aromatic N) is 1. The number of allylic oxidation sites excluding steroid dienone is 1. The minimum absolute atomic E-state index is 0.450. The van der Waals surface area contributed by atoms with Crippen LogP contribution in [0.4, 0.5) is 0 Å². The number of hydrogen-bond donors (Lipinski definition) is 0. The minimum Gasteiger partial charge on any atom is -0.477 e. The smallest absolute Gasteiger partial charge is 0.186 e. The van der Waals surface area contributed by atoms with Gasteiger partial charge in [-0.3, -0.25) is 0 Å². The van der Waals surface area contributed by atoms with Crippen molar-refractivity contribution in [1.29, 1.82) is 0 Å². The molecule has 0 aromatic heterocycles. The first-order valence-corrected chi connectivity index (χ1v) is 6.54. The number of ether oxygens (including phenoxy) is 1. The zero-order chi connectivity index (χ0) is 13.0. The summed E-state index contributed by atoms with van der Waals surface area (Å²) in [5, 5.41) is 0. The highest BCUT2D eigenvalue weighted by molar-refractivity contribution is 5.19. The van der Waals surface area contributed by atoms with E-state index in [2.05, 4.69) is 55.3 Å². The largest absolute Gasteiger partial charge is 0.477 e. The van der Waals surface area contributed by atoms with Crippen LogP contribution in [0.25, 0.3) is 0 Å². The van der Waals surface area contributed by atoms with E-state index in [1.807, 2.05) is 0 Å². The summed E-state index contributed by atoms with van der Waals surface area (Å²) in [7, 11) is 0. The molecule has 96 valence electrons. The molecule has 2 heteroatoms. The molecule has 18 heavy (non-hydrogen) atoms. The van der Waals surface area contributed by atoms with E-state index in [1.165, 1.54) is 5.56 Å². The van der Waals surface area contributed by atoms with Gasteiger partial charge in [-0.15, -0.1) is 0 Å². The normalized spacial score (nSPS) is 16.5. The molecule has 0 aliphatic carbocycles. The molecular weight excluding hydrogens is 222 g/mol. The standard InChI is InChI=1S/C16H21NO/c1-4-16(12-15-8-6-5-7-9-15)13(2)17-10-11-18-14(17)3/h5-9,16H,2-4,10-12H2,1H3/t16-/m0/s1. The topological polar surface area (TPSA) is 12.5 Å². The van der Waals surface area contributed by atoms with Crippen LogP contribution in [0, 0.1) is 5.92 Å². The second kappa shape index (κ2) is 5.76. The molecule has 1 atom stereocenters. The Labute approximate surface area is 110 Å². The van der Waals surface area contributed by atoms with E-state index in [0.717, 1.165) is 37.6 Å². The van der Waals surface area contributed by atoms with Crippen molar-refractivity contribution in [3.8, 4) is 0 Å². The molecule has 1 saturated heterocycles. The molecule has 1 aliphatic rings. The van der Waals surface area contributed by atoms with Gasteiger partial charge in [-0.2, -0.15) is 0 Å². The summed E-state index contributed by atoms with van der Waals surface area (Å²) in [6.45, 7) is 12.0. The van der Waals surface area contributed by atoms with Crippen LogP contribution in [0.3, 0.4) is 0 Å². The lowest BCUT2D eigenvalue weighted by molar-refractivity contribution is 0.242. The van der Waals surface area contributed by atoms with Gasteiger partial charge in [0.15, 0.2) is 5.88 Å². The van der Waals surface area contributed by atoms with Crippen molar-refractivity contribution in [3.05, 3.63) is 60.6 Å². The van der Waals surface area contributed by atoms with Crippen molar-refractivity contribution in [3.63, 3.8) is 0 Å². The maximum atomic E-state index is 5.40. The fourth-order valence-corrected chi connectivity index (χ4v) is 2.38. The summed E-state index contributed by atoms with van der Waals surface area (Å²) in [4.78, 5) is 2.11. The molecule has 1 heterocycles. The highest BCUT2D eigenvalue weighted by atomic mass is 16.5. The molecule has 1 aliphatic heterocycles. The number of hydrogen-bond acceptors (Lipinski definition) is 2. The fourth-order valence-electron chi connectivity index (χ4n) is 2.38. The highest BCUT2D eigenvalue weighted by Gasteiger charge is 2.23. The van der Waals surface area contributed by atoms with Gasteiger partial charge in [0, 0.05) is 11.6 Å². The highest BCUT2D eigenvalue weighted by Crippen LogP contribution is 2.27. The molecule has 2 nitrogen and oxygen atoms in total. The molecule has 0 spiro atoms. The van der Waals surface area contributed by atoms with Crippen LogP contribution in [0.15, 0.2) is 55.1 Å². The zero-order valence-electron chi connectivity index (χ0n) is 11.1. The monoisotopic (exact) mass is 243 g/mol. The molecular formula is C16H21NO. The first kappa shape index (κ1) is 12.7. The Kier molecular flexibility index (Phi) is 4.08. The van der Waals surface area contributed by atoms with Gasteiger partial charge in [-0.25, -0.2) is 0 Å². The predicted molar refractivity (Wildman–Crippen MR) is 74.9 cm³/mol. The molecule has 0 amide bonds. The van der Waals surface area contributed by atoms with Gasteiger partial charge in [0.2, 0.25) is 0 Å². The van der Waals surface area contributed by atoms with Crippen LogP contribution in [0.2, 0.25) is 0 Å². The average molecular weight is 243 g/mol. The van der Waals surface area contributed by atoms with Crippen molar-refractivity contribution in [2.45, 2.75) is 19.8 Å². The lowest BCUT2D eigenvalue weighted by Crippen LogP contribution is -2.23. The van der Waals surface area contributed by atoms with Crippen molar-refractivity contribution in [1.82, 2.24) is 4.90 Å². The Morgan fingerprint density at radius 2 is 2.11 bits per heavy atom. The molecule has 2 rings (SSSR count). The number of rotatable bonds is 5. The molecule has 1 aromatic rings. The summed E-state index contributed by atoms with van der Waals surface area (Å²) in [5.41, 5.74) is 2.49. The SMILES string of the molecule is C=C1OCCN1C(=C)[C@@H](CC)Cc1ccccc1. The van der Waals surface area contributed by atoms with E-state index < -0.39 is 0 Å². The summed E-state index contributed by atoms with van der Waals surface area (Å²) in [5.74, 6) is 1.19. The van der Waals surface area contributed by atoms with E-state index in [-0.39, 0.29) is 0 Å². The Balaban J connectivity index is 2.04. The molecule has 0 saturated carbocycles. The molecule has 1 aromatic carbocycles. The Morgan fingerprint density at radius 1 is 1.39 bits per heavy atom. The minimum atomic E-state index is 0.450. The Morgan fingerprint density at radius 3 is 2.67 bits per heavy atom. The van der Waals surface area contributed by atoms with Crippen LogP contribution >= 0.6 is 0 Å². The Hall–Kier alpha value is -1.70. The van der Waals surface area contributed by atoms with Gasteiger partial charge in [0.05, 0.1) is 6.54 Å². The zero-order valence-corrected chi connectivity index (χ0v) is 11.1. The lowest BCUT2D eigenvalue weighted by Gasteiger charge is -2.26. The van der Waals surface area contributed by atoms with Crippen LogP contribution in [0.5, 0.6) is 0 Å². The lowest BCUT2D eigenvalue weighted by atomic mass is 9.93. The maximum Gasteiger partial charge on any atom is 0.186 e. The van der Waals surface area contributed by atoms with Gasteiger partial charge in [-0.05, 0) is 25.0 Å². The van der Waals surface area contributed by atoms with Crippen molar-refractivity contribution < 1.29 is 4.74 Å². The molecule has 0 radical (unpaired) electrons. The average Bonchev–Trinajstić information content (AvgIpc) is 2.82. The van der Waals surface area contributed by atoms with Crippen LogP contribution in [-0.4, -0.2) is 18.1 Å². The van der Waals surface area contributed by atoms with Gasteiger partial charge in [-0.1, -0.05) is 43.8 Å². The Bertz CT molecular complexity index is 424. The molecule has 0 bridgehead atoms. The van der Waals surface area contributed by atoms with E-state index in [4.69, 9.17) is 4.74 Å². The second-order valence-corrected chi connectivity index (χ2v) is 4.68. The van der Waals surface area contributed by atoms with Crippen molar-refractivity contribution in [2.75, 3.05) is 13.2 Å². The van der Waals surface area contributed by atoms with E-state index in [1.54, 1.807) is 0 Å². The fraction of sp³-hybridized carbons (Fsp3) is 0.375. The van der Waals surface area contributed by atoms with E-state index >= 15 is 0 Å². The summed E-state index contributed by atoms with van der Waals surface area (Å²) in [6, 6.07) is 10.6. The third kappa shape index (κ3) is 2.76. The first-order valence-electron chi connectivity index (χ1n) is 6.54.